The summed E-state index contributed by atoms with van der Waals surface area (Å²) < 4.78 is 312. The fourth-order valence-corrected chi connectivity index (χ4v) is 2.58. The van der Waals surface area contributed by atoms with E-state index in [9.17, 15) is 83.1 Å². The van der Waals surface area contributed by atoms with Crippen LogP contribution in [0.15, 0.2) is 0 Å². The predicted octanol–water partition coefficient (Wildman–Crippen LogP) is 4.60. The lowest BCUT2D eigenvalue weighted by molar-refractivity contribution is -0.458. The summed E-state index contributed by atoms with van der Waals surface area (Å²) in [5, 5.41) is 0.409. The Balaban J connectivity index is 7.81. The fraction of sp³-hybridized carbons (Fsp3) is 1.00. The van der Waals surface area contributed by atoms with E-state index < -0.39 is 87.7 Å². The third kappa shape index (κ3) is 4.05. The van der Waals surface area contributed by atoms with Gasteiger partial charge in [-0.1, -0.05) is 6.85 Å². The standard InChI is InChI=1S/C12H10F17NO3S/c1-2-30(3-4-31)34(32,33)12(28,29)10(23,24)8(19,20)6(15,16)5(13,14)7(17,18)9(21,22)11(25,26)27/h31H,2-4H2,1H3/i1D3,2D2,3D2,4D2. The predicted molar refractivity (Wildman–Crippen MR) is 73.9 cm³/mol. The summed E-state index contributed by atoms with van der Waals surface area (Å²) in [5.74, 6) is -54.4. The molecule has 0 spiro atoms. The normalized spacial score (nSPS) is 21.9. The summed E-state index contributed by atoms with van der Waals surface area (Å²) in [7, 11) is -9.05. The fourth-order valence-electron chi connectivity index (χ4n) is 1.62. The summed E-state index contributed by atoms with van der Waals surface area (Å²) in [6.45, 7) is -21.7. The number of hydrogen-bond donors (Lipinski definition) is 1. The SMILES string of the molecule is [2H]C([2H])([2H])C([2H])([2H])N(C([2H])([2H])C([2H])([2H])O)S(=O)(=O)C(F)(F)C(F)(F)C(F)(F)C(F)(F)C(F)(F)C(F)(F)C(F)(F)C(F)(F)F. The highest BCUT2D eigenvalue weighted by atomic mass is 32.2. The lowest BCUT2D eigenvalue weighted by atomic mass is 9.91. The molecule has 0 atom stereocenters. The van der Waals surface area contributed by atoms with Gasteiger partial charge < -0.3 is 5.11 Å². The van der Waals surface area contributed by atoms with Gasteiger partial charge in [0.05, 0.1) is 9.30 Å². The zero-order valence-corrected chi connectivity index (χ0v) is 15.4. The van der Waals surface area contributed by atoms with Gasteiger partial charge in [-0.15, -0.1) is 0 Å². The Labute approximate surface area is 190 Å². The Morgan fingerprint density at radius 3 is 1.29 bits per heavy atom. The van der Waals surface area contributed by atoms with Gasteiger partial charge in [-0.2, -0.15) is 78.9 Å². The number of halogens is 17. The third-order valence-corrected chi connectivity index (χ3v) is 5.08. The van der Waals surface area contributed by atoms with Crippen LogP contribution in [0.5, 0.6) is 0 Å². The van der Waals surface area contributed by atoms with E-state index in [1.54, 1.807) is 0 Å². The first kappa shape index (κ1) is 19.8. The topological polar surface area (TPSA) is 57.6 Å². The van der Waals surface area contributed by atoms with Gasteiger partial charge in [0.25, 0.3) is 10.0 Å². The van der Waals surface area contributed by atoms with Crippen LogP contribution in [0.3, 0.4) is 0 Å². The second-order valence-electron chi connectivity index (χ2n) is 5.57. The van der Waals surface area contributed by atoms with Gasteiger partial charge >= 0.3 is 47.0 Å². The van der Waals surface area contributed by atoms with Crippen molar-refractivity contribution in [3.05, 3.63) is 0 Å². The molecule has 206 valence electrons. The van der Waals surface area contributed by atoms with Gasteiger partial charge in [0, 0.05) is 22.6 Å². The molecule has 0 aliphatic heterocycles. The zero-order chi connectivity index (χ0) is 36.1. The summed E-state index contributed by atoms with van der Waals surface area (Å²) in [6.07, 6.45) is -8.09. The average Bonchev–Trinajstić information content (AvgIpc) is 2.69. The highest BCUT2D eigenvalue weighted by Gasteiger charge is 2.96. The molecule has 0 aliphatic rings. The van der Waals surface area contributed by atoms with E-state index in [-0.39, 0.29) is 0 Å². The molecule has 34 heavy (non-hydrogen) atoms. The summed E-state index contributed by atoms with van der Waals surface area (Å²) in [6, 6.07) is 0. The summed E-state index contributed by atoms with van der Waals surface area (Å²) in [4.78, 5) is 0. The number of nitrogens with zero attached hydrogens (tertiary/aromatic N) is 1. The van der Waals surface area contributed by atoms with Crippen LogP contribution in [0, 0.1) is 0 Å². The lowest BCUT2D eigenvalue weighted by Gasteiger charge is -2.43. The first-order valence-corrected chi connectivity index (χ1v) is 8.29. The highest BCUT2D eigenvalue weighted by molar-refractivity contribution is 7.90. The van der Waals surface area contributed by atoms with Crippen LogP contribution in [0.2, 0.25) is 0 Å². The molecule has 0 bridgehead atoms. The van der Waals surface area contributed by atoms with Crippen molar-refractivity contribution >= 4 is 10.0 Å². The number of rotatable bonds is 11. The van der Waals surface area contributed by atoms with E-state index in [2.05, 4.69) is 0 Å². The Kier molecular flexibility index (Phi) is 5.05. The van der Waals surface area contributed by atoms with Crippen molar-refractivity contribution in [3.63, 3.8) is 0 Å². The Morgan fingerprint density at radius 2 is 1.00 bits per heavy atom. The molecule has 0 amide bonds. The molecular formula is C12H10F17NO3S. The molecule has 0 aromatic rings. The van der Waals surface area contributed by atoms with Crippen LogP contribution in [0.25, 0.3) is 0 Å². The first-order valence-electron chi connectivity index (χ1n) is 11.4. The smallest absolute Gasteiger partial charge is 0.395 e. The van der Waals surface area contributed by atoms with Gasteiger partial charge in [-0.05, 0) is 0 Å². The molecule has 0 aromatic carbocycles. The van der Waals surface area contributed by atoms with Crippen molar-refractivity contribution < 1.29 is 100 Å². The molecule has 4 nitrogen and oxygen atoms in total. The molecule has 0 heterocycles. The molecule has 0 unspecified atom stereocenters. The monoisotopic (exact) mass is 580 g/mol. The second kappa shape index (κ2) is 8.66. The zero-order valence-electron chi connectivity index (χ0n) is 23.5. The molecule has 0 saturated carbocycles. The first-order chi connectivity index (χ1) is 17.9. The second-order valence-corrected chi connectivity index (χ2v) is 7.39. The van der Waals surface area contributed by atoms with Crippen LogP contribution in [0.1, 0.15) is 19.2 Å². The van der Waals surface area contributed by atoms with Crippen LogP contribution >= 0.6 is 0 Å². The number of likely N-dealkylation sites (N-methyl/N-ethyl adjacent to an activating group) is 1. The van der Waals surface area contributed by atoms with E-state index in [1.807, 2.05) is 0 Å². The molecule has 1 N–H and O–H groups in total. The van der Waals surface area contributed by atoms with Crippen LogP contribution < -0.4 is 0 Å². The van der Waals surface area contributed by atoms with Gasteiger partial charge in [0.1, 0.15) is 0 Å². The average molecular weight is 580 g/mol. The molecular weight excluding hydrogens is 561 g/mol. The van der Waals surface area contributed by atoms with Crippen molar-refractivity contribution in [3.8, 4) is 0 Å². The maximum Gasteiger partial charge on any atom is 0.460 e. The minimum absolute atomic E-state index is 3.01. The Bertz CT molecular complexity index is 1140. The van der Waals surface area contributed by atoms with Crippen molar-refractivity contribution in [2.24, 2.45) is 0 Å². The van der Waals surface area contributed by atoms with Crippen molar-refractivity contribution in [1.82, 2.24) is 4.31 Å². The van der Waals surface area contributed by atoms with Gasteiger partial charge in [0.2, 0.25) is 0 Å². The quantitative estimate of drug-likeness (QED) is 0.364. The van der Waals surface area contributed by atoms with E-state index in [1.165, 1.54) is 0 Å². The molecule has 0 aliphatic carbocycles. The maximum absolute atomic E-state index is 14.5. The van der Waals surface area contributed by atoms with Gasteiger partial charge in [-0.25, -0.2) is 8.42 Å². The van der Waals surface area contributed by atoms with Crippen molar-refractivity contribution in [2.75, 3.05) is 19.6 Å². The number of aliphatic hydroxyl groups is 1. The molecule has 0 saturated heterocycles. The molecule has 22 heteroatoms. The number of hydrogen-bond acceptors (Lipinski definition) is 3. The van der Waals surface area contributed by atoms with Crippen LogP contribution in [-0.4, -0.2) is 84.3 Å². The third-order valence-electron chi connectivity index (χ3n) is 3.51. The lowest BCUT2D eigenvalue weighted by Crippen LogP contribution is -2.75. The van der Waals surface area contributed by atoms with Crippen LogP contribution in [-0.2, 0) is 10.0 Å². The summed E-state index contributed by atoms with van der Waals surface area (Å²) >= 11 is 0. The molecule has 0 radical (unpaired) electrons. The minimum Gasteiger partial charge on any atom is -0.395 e. The Hall–Kier alpha value is -1.32. The summed E-state index contributed by atoms with van der Waals surface area (Å²) in [5.41, 5.74) is 0. The van der Waals surface area contributed by atoms with Gasteiger partial charge in [-0.3, -0.25) is 0 Å². The number of alkyl halides is 17. The number of sulfonamides is 1. The van der Waals surface area contributed by atoms with Crippen molar-refractivity contribution in [2.45, 2.75) is 53.8 Å². The Morgan fingerprint density at radius 1 is 0.676 bits per heavy atom. The van der Waals surface area contributed by atoms with Gasteiger partial charge in [0.15, 0.2) is 0 Å². The van der Waals surface area contributed by atoms with Crippen molar-refractivity contribution in [1.29, 1.82) is 0 Å². The largest absolute Gasteiger partial charge is 0.460 e. The minimum atomic E-state index is -9.31. The molecule has 0 fully saturated rings. The van der Waals surface area contributed by atoms with E-state index in [4.69, 9.17) is 17.4 Å². The van der Waals surface area contributed by atoms with Crippen LogP contribution in [0.4, 0.5) is 74.6 Å². The van der Waals surface area contributed by atoms with E-state index >= 15 is 0 Å². The maximum atomic E-state index is 14.5. The molecule has 0 rings (SSSR count). The van der Waals surface area contributed by atoms with E-state index in [0.29, 0.717) is 0 Å². The molecule has 0 aromatic heterocycles. The highest BCUT2D eigenvalue weighted by Crippen LogP contribution is 2.64. The van der Waals surface area contributed by atoms with E-state index in [0.717, 1.165) is 0 Å².